The summed E-state index contributed by atoms with van der Waals surface area (Å²) in [6.07, 6.45) is 4.80. The van der Waals surface area contributed by atoms with E-state index in [-0.39, 0.29) is 12.1 Å². The molecule has 1 aromatic carbocycles. The zero-order valence-electron chi connectivity index (χ0n) is 13.8. The van der Waals surface area contributed by atoms with E-state index in [0.29, 0.717) is 6.54 Å². The highest BCUT2D eigenvalue weighted by Gasteiger charge is 2.25. The number of hydrogen-bond acceptors (Lipinski definition) is 3. The summed E-state index contributed by atoms with van der Waals surface area (Å²) in [5.41, 5.74) is 0.641. The van der Waals surface area contributed by atoms with Gasteiger partial charge in [0, 0.05) is 19.3 Å². The Hall–Kier alpha value is -1.84. The van der Waals surface area contributed by atoms with Crippen LogP contribution in [-0.2, 0) is 4.74 Å². The zero-order valence-corrected chi connectivity index (χ0v) is 13.8. The van der Waals surface area contributed by atoms with Gasteiger partial charge in [-0.3, -0.25) is 4.99 Å². The lowest BCUT2D eigenvalue weighted by Crippen LogP contribution is -2.40. The minimum Gasteiger partial charge on any atom is -0.444 e. The largest absolute Gasteiger partial charge is 0.444 e. The third-order valence-electron chi connectivity index (χ3n) is 3.53. The van der Waals surface area contributed by atoms with Crippen molar-refractivity contribution in [3.8, 4) is 0 Å². The molecule has 0 bridgehead atoms. The summed E-state index contributed by atoms with van der Waals surface area (Å²) in [7, 11) is 0. The molecule has 1 unspecified atom stereocenters. The van der Waals surface area contributed by atoms with Crippen molar-refractivity contribution in [3.05, 3.63) is 35.9 Å². The summed E-state index contributed by atoms with van der Waals surface area (Å²) < 4.78 is 5.48. The van der Waals surface area contributed by atoms with E-state index in [2.05, 4.69) is 4.99 Å². The summed E-state index contributed by atoms with van der Waals surface area (Å²) in [5, 5.41) is 0. The quantitative estimate of drug-likeness (QED) is 0.778. The van der Waals surface area contributed by atoms with Gasteiger partial charge in [-0.2, -0.15) is 0 Å². The lowest BCUT2D eigenvalue weighted by Gasteiger charge is -2.27. The van der Waals surface area contributed by atoms with Gasteiger partial charge in [0.15, 0.2) is 0 Å². The predicted molar refractivity (Wildman–Crippen MR) is 89.5 cm³/mol. The first-order valence-electron chi connectivity index (χ1n) is 8.00. The molecule has 0 N–H and O–H groups in total. The third kappa shape index (κ3) is 5.51. The Morgan fingerprint density at radius 1 is 1.27 bits per heavy atom. The lowest BCUT2D eigenvalue weighted by atomic mass is 10.1. The van der Waals surface area contributed by atoms with Crippen LogP contribution in [0.2, 0.25) is 0 Å². The molecule has 120 valence electrons. The van der Waals surface area contributed by atoms with E-state index in [1.165, 1.54) is 0 Å². The van der Waals surface area contributed by atoms with Crippen LogP contribution in [0, 0.1) is 0 Å². The van der Waals surface area contributed by atoms with Crippen molar-refractivity contribution in [1.29, 1.82) is 0 Å². The van der Waals surface area contributed by atoms with E-state index in [1.807, 2.05) is 57.3 Å². The highest BCUT2D eigenvalue weighted by Crippen LogP contribution is 2.17. The summed E-state index contributed by atoms with van der Waals surface area (Å²) >= 11 is 0. The number of ether oxygens (including phenoxy) is 1. The van der Waals surface area contributed by atoms with Gasteiger partial charge in [-0.15, -0.1) is 0 Å². The number of nitrogens with zero attached hydrogens (tertiary/aromatic N) is 2. The molecule has 1 amide bonds. The number of amides is 1. The van der Waals surface area contributed by atoms with Crippen LogP contribution in [-0.4, -0.2) is 41.9 Å². The normalized spacial score (nSPS) is 20.0. The molecule has 1 heterocycles. The van der Waals surface area contributed by atoms with Crippen molar-refractivity contribution in [3.63, 3.8) is 0 Å². The molecule has 1 fully saturated rings. The van der Waals surface area contributed by atoms with E-state index < -0.39 is 5.60 Å². The SMILES string of the molecule is CC(C)(C)OC(=O)N1CCCCC(N=Cc2ccccc2)C1. The van der Waals surface area contributed by atoms with Gasteiger partial charge in [0.05, 0.1) is 6.04 Å². The van der Waals surface area contributed by atoms with Crippen LogP contribution in [0.3, 0.4) is 0 Å². The molecule has 0 aromatic heterocycles. The van der Waals surface area contributed by atoms with E-state index >= 15 is 0 Å². The molecule has 1 aliphatic heterocycles. The molecule has 1 atom stereocenters. The maximum absolute atomic E-state index is 12.2. The molecule has 2 rings (SSSR count). The fraction of sp³-hybridized carbons (Fsp3) is 0.556. The molecule has 0 aliphatic carbocycles. The average Bonchev–Trinajstić information content (AvgIpc) is 2.70. The Morgan fingerprint density at radius 3 is 2.68 bits per heavy atom. The molecule has 1 saturated heterocycles. The second-order valence-corrected chi connectivity index (χ2v) is 6.76. The number of carbonyl (C=O) groups excluding carboxylic acids is 1. The van der Waals surface area contributed by atoms with E-state index in [4.69, 9.17) is 4.74 Å². The molecule has 4 heteroatoms. The van der Waals surface area contributed by atoms with Crippen LogP contribution >= 0.6 is 0 Å². The Bertz CT molecular complexity index is 506. The fourth-order valence-electron chi connectivity index (χ4n) is 2.46. The molecule has 4 nitrogen and oxygen atoms in total. The molecule has 1 aromatic rings. The molecule has 22 heavy (non-hydrogen) atoms. The summed E-state index contributed by atoms with van der Waals surface area (Å²) in [5.74, 6) is 0. The van der Waals surface area contributed by atoms with Gasteiger partial charge in [0.2, 0.25) is 0 Å². The maximum Gasteiger partial charge on any atom is 0.410 e. The van der Waals surface area contributed by atoms with E-state index in [9.17, 15) is 4.79 Å². The summed E-state index contributed by atoms with van der Waals surface area (Å²) in [6, 6.07) is 10.2. The number of likely N-dealkylation sites (tertiary alicyclic amines) is 1. The summed E-state index contributed by atoms with van der Waals surface area (Å²) in [6.45, 7) is 7.08. The minimum absolute atomic E-state index is 0.148. The number of hydrogen-bond donors (Lipinski definition) is 0. The molecule has 0 saturated carbocycles. The van der Waals surface area contributed by atoms with Gasteiger partial charge < -0.3 is 9.64 Å². The highest BCUT2D eigenvalue weighted by molar-refractivity contribution is 5.79. The summed E-state index contributed by atoms with van der Waals surface area (Å²) in [4.78, 5) is 18.7. The Kier molecular flexibility index (Phi) is 5.58. The van der Waals surface area contributed by atoms with Gasteiger partial charge in [-0.25, -0.2) is 4.79 Å². The van der Waals surface area contributed by atoms with Gasteiger partial charge in [-0.05, 0) is 45.6 Å². The topological polar surface area (TPSA) is 41.9 Å². The number of aliphatic imine (C=N–C) groups is 1. The lowest BCUT2D eigenvalue weighted by molar-refractivity contribution is 0.0250. The molecular weight excluding hydrogens is 276 g/mol. The third-order valence-corrected chi connectivity index (χ3v) is 3.53. The Labute approximate surface area is 133 Å². The van der Waals surface area contributed by atoms with Crippen molar-refractivity contribution in [2.24, 2.45) is 4.99 Å². The van der Waals surface area contributed by atoms with Crippen LogP contribution in [0.15, 0.2) is 35.3 Å². The number of rotatable bonds is 2. The van der Waals surface area contributed by atoms with Gasteiger partial charge in [0.25, 0.3) is 0 Å². The maximum atomic E-state index is 12.2. The molecule has 0 radical (unpaired) electrons. The molecular formula is C18H26N2O2. The number of benzene rings is 1. The molecule has 0 spiro atoms. The minimum atomic E-state index is -0.452. The van der Waals surface area contributed by atoms with Crippen molar-refractivity contribution in [1.82, 2.24) is 4.90 Å². The van der Waals surface area contributed by atoms with Crippen molar-refractivity contribution in [2.75, 3.05) is 13.1 Å². The predicted octanol–water partition coefficient (Wildman–Crippen LogP) is 3.90. The first-order valence-corrected chi connectivity index (χ1v) is 8.00. The first kappa shape index (κ1) is 16.5. The van der Waals surface area contributed by atoms with Crippen LogP contribution < -0.4 is 0 Å². The van der Waals surface area contributed by atoms with Crippen LogP contribution in [0.4, 0.5) is 4.79 Å². The zero-order chi connectivity index (χ0) is 16.0. The number of carbonyl (C=O) groups is 1. The van der Waals surface area contributed by atoms with Gasteiger partial charge >= 0.3 is 6.09 Å². The van der Waals surface area contributed by atoms with E-state index in [0.717, 1.165) is 31.4 Å². The van der Waals surface area contributed by atoms with E-state index in [1.54, 1.807) is 4.90 Å². The molecule has 1 aliphatic rings. The van der Waals surface area contributed by atoms with Gasteiger partial charge in [-0.1, -0.05) is 30.3 Å². The smallest absolute Gasteiger partial charge is 0.410 e. The van der Waals surface area contributed by atoms with Crippen molar-refractivity contribution in [2.45, 2.75) is 51.7 Å². The standard InChI is InChI=1S/C18H26N2O2/c1-18(2,3)22-17(21)20-12-8-7-11-16(14-20)19-13-15-9-5-4-6-10-15/h4-6,9-10,13,16H,7-8,11-12,14H2,1-3H3. The highest BCUT2D eigenvalue weighted by atomic mass is 16.6. The fourth-order valence-corrected chi connectivity index (χ4v) is 2.46. The Balaban J connectivity index is 1.98. The van der Waals surface area contributed by atoms with Crippen LogP contribution in [0.5, 0.6) is 0 Å². The van der Waals surface area contributed by atoms with Crippen molar-refractivity contribution >= 4 is 12.3 Å². The second kappa shape index (κ2) is 7.43. The Morgan fingerprint density at radius 2 is 2.00 bits per heavy atom. The average molecular weight is 302 g/mol. The monoisotopic (exact) mass is 302 g/mol. The van der Waals surface area contributed by atoms with Crippen molar-refractivity contribution < 1.29 is 9.53 Å². The van der Waals surface area contributed by atoms with Gasteiger partial charge in [0.1, 0.15) is 5.60 Å². The first-order chi connectivity index (χ1) is 10.4. The van der Waals surface area contributed by atoms with Crippen LogP contribution in [0.25, 0.3) is 0 Å². The second-order valence-electron chi connectivity index (χ2n) is 6.76. The van der Waals surface area contributed by atoms with Crippen LogP contribution in [0.1, 0.15) is 45.6 Å².